The molecule has 1 aliphatic heterocycles. The molecular formula is C18H33ClN4. The molecule has 0 radical (unpaired) electrons. The highest BCUT2D eigenvalue weighted by Gasteiger charge is 2.15. The summed E-state index contributed by atoms with van der Waals surface area (Å²) < 4.78 is 0. The third-order valence-corrected chi connectivity index (χ3v) is 4.49. The molecule has 0 unspecified atom stereocenters. The molecule has 0 aliphatic carbocycles. The van der Waals surface area contributed by atoms with Crippen LogP contribution in [0.4, 0.5) is 5.69 Å². The number of rotatable bonds is 8. The van der Waals surface area contributed by atoms with Crippen molar-refractivity contribution in [2.75, 3.05) is 64.3 Å². The van der Waals surface area contributed by atoms with Gasteiger partial charge in [-0.05, 0) is 37.8 Å². The lowest BCUT2D eigenvalue weighted by Crippen LogP contribution is -2.46. The zero-order chi connectivity index (χ0) is 15.8. The van der Waals surface area contributed by atoms with Crippen LogP contribution in [0.1, 0.15) is 19.4 Å². The van der Waals surface area contributed by atoms with E-state index in [0.717, 1.165) is 39.3 Å². The van der Waals surface area contributed by atoms with Gasteiger partial charge in [-0.25, -0.2) is 0 Å². The molecule has 1 aromatic carbocycles. The van der Waals surface area contributed by atoms with Crippen molar-refractivity contribution in [2.24, 2.45) is 0 Å². The van der Waals surface area contributed by atoms with Crippen LogP contribution in [-0.2, 0) is 6.54 Å². The lowest BCUT2D eigenvalue weighted by atomic mass is 10.1. The summed E-state index contributed by atoms with van der Waals surface area (Å²) in [7, 11) is 2.19. The highest BCUT2D eigenvalue weighted by Crippen LogP contribution is 2.17. The van der Waals surface area contributed by atoms with Crippen molar-refractivity contribution in [3.8, 4) is 0 Å². The van der Waals surface area contributed by atoms with Gasteiger partial charge in [0.15, 0.2) is 0 Å². The van der Waals surface area contributed by atoms with Crippen LogP contribution in [-0.4, -0.2) is 69.2 Å². The molecule has 132 valence electrons. The molecule has 0 amide bonds. The Hall–Kier alpha value is -0.810. The fourth-order valence-corrected chi connectivity index (χ4v) is 2.97. The number of hydrogen-bond acceptors (Lipinski definition) is 4. The number of nitrogens with one attached hydrogen (secondary N) is 1. The van der Waals surface area contributed by atoms with Crippen molar-refractivity contribution in [3.05, 3.63) is 29.8 Å². The van der Waals surface area contributed by atoms with E-state index in [9.17, 15) is 0 Å². The van der Waals surface area contributed by atoms with Crippen molar-refractivity contribution < 1.29 is 0 Å². The van der Waals surface area contributed by atoms with E-state index in [0.29, 0.717) is 0 Å². The van der Waals surface area contributed by atoms with E-state index < -0.39 is 0 Å². The molecule has 1 aliphatic rings. The molecule has 1 aromatic rings. The third kappa shape index (κ3) is 6.68. The molecule has 0 spiro atoms. The van der Waals surface area contributed by atoms with E-state index in [1.54, 1.807) is 0 Å². The first-order valence-electron chi connectivity index (χ1n) is 8.68. The molecule has 4 nitrogen and oxygen atoms in total. The Morgan fingerprint density at radius 1 is 1.04 bits per heavy atom. The maximum absolute atomic E-state index is 3.37. The Bertz CT molecular complexity index is 416. The van der Waals surface area contributed by atoms with Gasteiger partial charge in [0.2, 0.25) is 0 Å². The molecule has 0 atom stereocenters. The Balaban J connectivity index is 0.00000264. The van der Waals surface area contributed by atoms with Crippen LogP contribution in [0.2, 0.25) is 0 Å². The fourth-order valence-electron chi connectivity index (χ4n) is 2.97. The van der Waals surface area contributed by atoms with Gasteiger partial charge in [-0.2, -0.15) is 0 Å². The van der Waals surface area contributed by atoms with E-state index in [1.165, 1.54) is 30.9 Å². The van der Waals surface area contributed by atoms with Gasteiger partial charge in [0.05, 0.1) is 0 Å². The molecule has 1 heterocycles. The Labute approximate surface area is 148 Å². The Morgan fingerprint density at radius 2 is 1.70 bits per heavy atom. The SMILES string of the molecule is CCNCCN(C)Cc1ccc(N2CCN(CC)CC2)cc1.Cl. The molecule has 1 saturated heterocycles. The van der Waals surface area contributed by atoms with Crippen molar-refractivity contribution in [1.29, 1.82) is 0 Å². The number of nitrogens with zero attached hydrogens (tertiary/aromatic N) is 3. The Morgan fingerprint density at radius 3 is 2.26 bits per heavy atom. The highest BCUT2D eigenvalue weighted by molar-refractivity contribution is 5.85. The predicted molar refractivity (Wildman–Crippen MR) is 103 cm³/mol. The lowest BCUT2D eigenvalue weighted by Gasteiger charge is -2.35. The van der Waals surface area contributed by atoms with Gasteiger partial charge in [0, 0.05) is 51.5 Å². The van der Waals surface area contributed by atoms with Crippen LogP contribution in [0.25, 0.3) is 0 Å². The number of hydrogen-bond donors (Lipinski definition) is 1. The molecule has 1 N–H and O–H groups in total. The highest BCUT2D eigenvalue weighted by atomic mass is 35.5. The van der Waals surface area contributed by atoms with Gasteiger partial charge < -0.3 is 20.0 Å². The quantitative estimate of drug-likeness (QED) is 0.733. The Kier molecular flexibility index (Phi) is 9.56. The van der Waals surface area contributed by atoms with Crippen LogP contribution in [0, 0.1) is 0 Å². The van der Waals surface area contributed by atoms with E-state index >= 15 is 0 Å². The van der Waals surface area contributed by atoms with Crippen molar-refractivity contribution in [1.82, 2.24) is 15.1 Å². The second kappa shape index (κ2) is 10.9. The van der Waals surface area contributed by atoms with Crippen LogP contribution in [0.5, 0.6) is 0 Å². The minimum atomic E-state index is 0. The summed E-state index contributed by atoms with van der Waals surface area (Å²) in [5, 5.41) is 3.37. The zero-order valence-corrected chi connectivity index (χ0v) is 15.7. The molecule has 2 rings (SSSR count). The molecule has 0 saturated carbocycles. The predicted octanol–water partition coefficient (Wildman–Crippen LogP) is 2.29. The average Bonchev–Trinajstić information content (AvgIpc) is 2.56. The number of halogens is 1. The topological polar surface area (TPSA) is 21.8 Å². The number of piperazine rings is 1. The maximum atomic E-state index is 3.37. The lowest BCUT2D eigenvalue weighted by molar-refractivity contribution is 0.271. The molecule has 0 bridgehead atoms. The normalized spacial score (nSPS) is 15.7. The van der Waals surface area contributed by atoms with Crippen LogP contribution >= 0.6 is 12.4 Å². The summed E-state index contributed by atoms with van der Waals surface area (Å²) >= 11 is 0. The van der Waals surface area contributed by atoms with Gasteiger partial charge in [-0.3, -0.25) is 0 Å². The number of anilines is 1. The second-order valence-corrected chi connectivity index (χ2v) is 6.18. The van der Waals surface area contributed by atoms with Gasteiger partial charge in [0.1, 0.15) is 0 Å². The summed E-state index contributed by atoms with van der Waals surface area (Å²) in [6.07, 6.45) is 0. The second-order valence-electron chi connectivity index (χ2n) is 6.18. The fraction of sp³-hybridized carbons (Fsp3) is 0.667. The number of likely N-dealkylation sites (N-methyl/N-ethyl adjacent to an activating group) is 3. The van der Waals surface area contributed by atoms with Crippen molar-refractivity contribution in [2.45, 2.75) is 20.4 Å². The van der Waals surface area contributed by atoms with Crippen molar-refractivity contribution >= 4 is 18.1 Å². The van der Waals surface area contributed by atoms with Crippen LogP contribution < -0.4 is 10.2 Å². The largest absolute Gasteiger partial charge is 0.369 e. The maximum Gasteiger partial charge on any atom is 0.0367 e. The first kappa shape index (κ1) is 20.2. The molecule has 5 heteroatoms. The van der Waals surface area contributed by atoms with Crippen LogP contribution in [0.3, 0.4) is 0 Å². The van der Waals surface area contributed by atoms with E-state index in [2.05, 4.69) is 65.2 Å². The molecule has 23 heavy (non-hydrogen) atoms. The third-order valence-electron chi connectivity index (χ3n) is 4.49. The van der Waals surface area contributed by atoms with Crippen molar-refractivity contribution in [3.63, 3.8) is 0 Å². The zero-order valence-electron chi connectivity index (χ0n) is 14.9. The van der Waals surface area contributed by atoms with E-state index in [4.69, 9.17) is 0 Å². The molecule has 1 fully saturated rings. The van der Waals surface area contributed by atoms with E-state index in [1.807, 2.05) is 0 Å². The monoisotopic (exact) mass is 340 g/mol. The van der Waals surface area contributed by atoms with E-state index in [-0.39, 0.29) is 12.4 Å². The minimum Gasteiger partial charge on any atom is -0.369 e. The average molecular weight is 341 g/mol. The summed E-state index contributed by atoms with van der Waals surface area (Å²) in [4.78, 5) is 7.40. The first-order chi connectivity index (χ1) is 10.7. The van der Waals surface area contributed by atoms with Gasteiger partial charge in [0.25, 0.3) is 0 Å². The molecular weight excluding hydrogens is 308 g/mol. The van der Waals surface area contributed by atoms with Crippen LogP contribution in [0.15, 0.2) is 24.3 Å². The summed E-state index contributed by atoms with van der Waals surface area (Å²) in [6, 6.07) is 9.14. The smallest absolute Gasteiger partial charge is 0.0367 e. The van der Waals surface area contributed by atoms with Gasteiger partial charge in [-0.15, -0.1) is 12.4 Å². The first-order valence-corrected chi connectivity index (χ1v) is 8.68. The summed E-state index contributed by atoms with van der Waals surface area (Å²) in [5.74, 6) is 0. The van der Waals surface area contributed by atoms with Gasteiger partial charge in [-0.1, -0.05) is 26.0 Å². The standard InChI is InChI=1S/C18H32N4.ClH/c1-4-19-10-11-20(3)16-17-6-8-18(9-7-17)22-14-12-21(5-2)13-15-22;/h6-9,19H,4-5,10-16H2,1-3H3;1H. The summed E-state index contributed by atoms with van der Waals surface area (Å²) in [6.45, 7) is 14.5. The minimum absolute atomic E-state index is 0. The summed E-state index contributed by atoms with van der Waals surface area (Å²) in [5.41, 5.74) is 2.77. The molecule has 0 aromatic heterocycles. The number of benzene rings is 1. The van der Waals surface area contributed by atoms with Gasteiger partial charge >= 0.3 is 0 Å².